The molecule has 1 aliphatic carbocycles. The fourth-order valence-electron chi connectivity index (χ4n) is 2.46. The first-order valence-electron chi connectivity index (χ1n) is 6.82. The summed E-state index contributed by atoms with van der Waals surface area (Å²) in [5.74, 6) is 0.644. The van der Waals surface area contributed by atoms with E-state index >= 15 is 0 Å². The number of halogens is 1. The molecule has 2 aliphatic rings. The number of carbonyl (C=O) groups is 1. The zero-order chi connectivity index (χ0) is 14.1. The molecule has 2 fully saturated rings. The van der Waals surface area contributed by atoms with Crippen LogP contribution in [0.5, 0.6) is 6.01 Å². The van der Waals surface area contributed by atoms with Crippen LogP contribution in [0.25, 0.3) is 0 Å². The molecule has 1 amide bonds. The van der Waals surface area contributed by atoms with Gasteiger partial charge in [0, 0.05) is 12.6 Å². The van der Waals surface area contributed by atoms with E-state index in [1.807, 2.05) is 4.90 Å². The van der Waals surface area contributed by atoms with E-state index in [9.17, 15) is 4.79 Å². The minimum Gasteiger partial charge on any atom is -0.467 e. The zero-order valence-electron chi connectivity index (χ0n) is 11.3. The van der Waals surface area contributed by atoms with Crippen LogP contribution in [0.15, 0.2) is 6.20 Å². The van der Waals surface area contributed by atoms with Crippen molar-refractivity contribution >= 4 is 23.3 Å². The van der Waals surface area contributed by atoms with Gasteiger partial charge in [-0.25, -0.2) is 4.98 Å². The number of hydrogen-bond donors (Lipinski definition) is 1. The molecule has 0 aromatic carbocycles. The van der Waals surface area contributed by atoms with Crippen molar-refractivity contribution in [2.24, 2.45) is 0 Å². The van der Waals surface area contributed by atoms with Crippen LogP contribution < -0.4 is 15.0 Å². The fourth-order valence-corrected chi connectivity index (χ4v) is 2.66. The Hall–Kier alpha value is -1.56. The summed E-state index contributed by atoms with van der Waals surface area (Å²) in [6.45, 7) is 0.767. The highest BCUT2D eigenvalue weighted by atomic mass is 35.5. The SMILES string of the molecule is COc1ncc(Cl)c(N2CCCC2C(=O)NC2CC2)n1. The average Bonchev–Trinajstić information content (AvgIpc) is 3.12. The summed E-state index contributed by atoms with van der Waals surface area (Å²) >= 11 is 6.17. The van der Waals surface area contributed by atoms with Crippen LogP contribution in [-0.2, 0) is 4.79 Å². The Morgan fingerprint density at radius 2 is 2.30 bits per heavy atom. The van der Waals surface area contributed by atoms with Gasteiger partial charge in [-0.3, -0.25) is 4.79 Å². The average molecular weight is 297 g/mol. The lowest BCUT2D eigenvalue weighted by Crippen LogP contribution is -2.44. The summed E-state index contributed by atoms with van der Waals surface area (Å²) in [6, 6.07) is 0.422. The number of nitrogens with zero attached hydrogens (tertiary/aromatic N) is 3. The van der Waals surface area contributed by atoms with Crippen LogP contribution in [0.3, 0.4) is 0 Å². The molecule has 1 saturated carbocycles. The van der Waals surface area contributed by atoms with Crippen LogP contribution in [0.4, 0.5) is 5.82 Å². The van der Waals surface area contributed by atoms with Crippen molar-refractivity contribution in [1.29, 1.82) is 0 Å². The molecule has 0 radical (unpaired) electrons. The van der Waals surface area contributed by atoms with Crippen molar-refractivity contribution in [2.75, 3.05) is 18.6 Å². The van der Waals surface area contributed by atoms with E-state index in [0.717, 1.165) is 32.2 Å². The fraction of sp³-hybridized carbons (Fsp3) is 0.615. The number of nitrogens with one attached hydrogen (secondary N) is 1. The van der Waals surface area contributed by atoms with Gasteiger partial charge in [0.05, 0.1) is 13.3 Å². The van der Waals surface area contributed by atoms with E-state index in [4.69, 9.17) is 16.3 Å². The molecule has 3 rings (SSSR count). The highest BCUT2D eigenvalue weighted by Gasteiger charge is 2.35. The van der Waals surface area contributed by atoms with E-state index in [2.05, 4.69) is 15.3 Å². The molecular formula is C13H17ClN4O2. The van der Waals surface area contributed by atoms with Crippen LogP contribution in [0, 0.1) is 0 Å². The van der Waals surface area contributed by atoms with Gasteiger partial charge in [0.25, 0.3) is 0 Å². The lowest BCUT2D eigenvalue weighted by molar-refractivity contribution is -0.122. The van der Waals surface area contributed by atoms with E-state index in [1.165, 1.54) is 13.3 Å². The first-order chi connectivity index (χ1) is 9.69. The Morgan fingerprint density at radius 1 is 1.50 bits per heavy atom. The first kappa shape index (κ1) is 13.4. The van der Waals surface area contributed by atoms with Crippen LogP contribution in [0.2, 0.25) is 5.02 Å². The molecule has 6 nitrogen and oxygen atoms in total. The molecule has 0 spiro atoms. The maximum atomic E-state index is 12.3. The molecular weight excluding hydrogens is 280 g/mol. The van der Waals surface area contributed by atoms with Gasteiger partial charge >= 0.3 is 6.01 Å². The van der Waals surface area contributed by atoms with E-state index in [1.54, 1.807) is 0 Å². The van der Waals surface area contributed by atoms with E-state index in [-0.39, 0.29) is 18.0 Å². The second-order valence-corrected chi connectivity index (χ2v) is 5.57. The van der Waals surface area contributed by atoms with Crippen molar-refractivity contribution < 1.29 is 9.53 Å². The highest BCUT2D eigenvalue weighted by molar-refractivity contribution is 6.32. The Morgan fingerprint density at radius 3 is 3.00 bits per heavy atom. The smallest absolute Gasteiger partial charge is 0.318 e. The van der Waals surface area contributed by atoms with Crippen molar-refractivity contribution in [3.05, 3.63) is 11.2 Å². The molecule has 108 valence electrons. The summed E-state index contributed by atoms with van der Waals surface area (Å²) in [5, 5.41) is 3.49. The Balaban J connectivity index is 1.81. The molecule has 1 atom stereocenters. The Labute approximate surface area is 122 Å². The third kappa shape index (κ3) is 2.65. The first-order valence-corrected chi connectivity index (χ1v) is 7.20. The van der Waals surface area contributed by atoms with Crippen molar-refractivity contribution in [3.8, 4) is 6.01 Å². The maximum Gasteiger partial charge on any atom is 0.318 e. The third-order valence-electron chi connectivity index (χ3n) is 3.64. The predicted molar refractivity (Wildman–Crippen MR) is 75.1 cm³/mol. The molecule has 7 heteroatoms. The second-order valence-electron chi connectivity index (χ2n) is 5.16. The highest BCUT2D eigenvalue weighted by Crippen LogP contribution is 2.31. The van der Waals surface area contributed by atoms with Gasteiger partial charge in [-0.1, -0.05) is 11.6 Å². The molecule has 1 aromatic heterocycles. The number of hydrogen-bond acceptors (Lipinski definition) is 5. The summed E-state index contributed by atoms with van der Waals surface area (Å²) < 4.78 is 5.03. The van der Waals surface area contributed by atoms with Gasteiger partial charge in [-0.15, -0.1) is 0 Å². The Bertz CT molecular complexity index is 521. The summed E-state index contributed by atoms with van der Waals surface area (Å²) in [5.41, 5.74) is 0. The molecule has 1 aromatic rings. The number of methoxy groups -OCH3 is 1. The lowest BCUT2D eigenvalue weighted by atomic mass is 10.2. The maximum absolute atomic E-state index is 12.3. The molecule has 1 unspecified atom stereocenters. The van der Waals surface area contributed by atoms with Gasteiger partial charge in [0.1, 0.15) is 11.1 Å². The standard InChI is InChI=1S/C13H17ClN4O2/c1-20-13-15-7-9(14)11(17-13)18-6-2-3-10(18)12(19)16-8-4-5-8/h7-8,10H,2-6H2,1H3,(H,16,19). The monoisotopic (exact) mass is 296 g/mol. The number of ether oxygens (including phenoxy) is 1. The van der Waals surface area contributed by atoms with E-state index < -0.39 is 0 Å². The Kier molecular flexibility index (Phi) is 3.65. The predicted octanol–water partition coefficient (Wildman–Crippen LogP) is 1.39. The molecule has 1 aliphatic heterocycles. The lowest BCUT2D eigenvalue weighted by Gasteiger charge is -2.25. The van der Waals surface area contributed by atoms with Crippen LogP contribution >= 0.6 is 11.6 Å². The van der Waals surface area contributed by atoms with E-state index in [0.29, 0.717) is 16.9 Å². The number of aromatic nitrogens is 2. The minimum absolute atomic E-state index is 0.0682. The number of anilines is 1. The summed E-state index contributed by atoms with van der Waals surface area (Å²) in [4.78, 5) is 22.5. The molecule has 1 N–H and O–H groups in total. The quantitative estimate of drug-likeness (QED) is 0.909. The minimum atomic E-state index is -0.201. The molecule has 2 heterocycles. The zero-order valence-corrected chi connectivity index (χ0v) is 12.1. The van der Waals surface area contributed by atoms with Crippen molar-refractivity contribution in [2.45, 2.75) is 37.8 Å². The number of rotatable bonds is 4. The molecule has 1 saturated heterocycles. The van der Waals surface area contributed by atoms with Crippen molar-refractivity contribution in [3.63, 3.8) is 0 Å². The number of amides is 1. The van der Waals surface area contributed by atoms with Crippen molar-refractivity contribution in [1.82, 2.24) is 15.3 Å². The second kappa shape index (κ2) is 5.44. The van der Waals surface area contributed by atoms with Gasteiger partial charge in [-0.05, 0) is 25.7 Å². The van der Waals surface area contributed by atoms with Gasteiger partial charge in [0.2, 0.25) is 5.91 Å². The normalized spacial score (nSPS) is 21.9. The van der Waals surface area contributed by atoms with Gasteiger partial charge < -0.3 is 15.0 Å². The van der Waals surface area contributed by atoms with Gasteiger partial charge in [-0.2, -0.15) is 4.98 Å². The number of carbonyl (C=O) groups excluding carboxylic acids is 1. The molecule has 20 heavy (non-hydrogen) atoms. The summed E-state index contributed by atoms with van der Waals surface area (Å²) in [6.07, 6.45) is 5.45. The van der Waals surface area contributed by atoms with Crippen LogP contribution in [-0.4, -0.2) is 41.6 Å². The summed E-state index contributed by atoms with van der Waals surface area (Å²) in [7, 11) is 1.51. The van der Waals surface area contributed by atoms with Crippen LogP contribution in [0.1, 0.15) is 25.7 Å². The third-order valence-corrected chi connectivity index (χ3v) is 3.90. The largest absolute Gasteiger partial charge is 0.467 e. The topological polar surface area (TPSA) is 67.3 Å². The molecule has 0 bridgehead atoms. The van der Waals surface area contributed by atoms with Gasteiger partial charge in [0.15, 0.2) is 5.82 Å².